The second kappa shape index (κ2) is 10.6. The highest BCUT2D eigenvalue weighted by Crippen LogP contribution is 2.29. The van der Waals surface area contributed by atoms with E-state index in [2.05, 4.69) is 5.32 Å². The molecular formula is C25H28N2O5. The maximum Gasteiger partial charge on any atom is 0.408 e. The van der Waals surface area contributed by atoms with Crippen LogP contribution in [-0.4, -0.2) is 48.1 Å². The molecule has 3 rings (SSSR count). The molecule has 1 heterocycles. The summed E-state index contributed by atoms with van der Waals surface area (Å²) >= 11 is 0. The molecule has 3 atom stereocenters. The van der Waals surface area contributed by atoms with Gasteiger partial charge in [0.05, 0.1) is 13.2 Å². The van der Waals surface area contributed by atoms with E-state index in [9.17, 15) is 14.4 Å². The summed E-state index contributed by atoms with van der Waals surface area (Å²) in [4.78, 5) is 39.2. The van der Waals surface area contributed by atoms with Crippen molar-refractivity contribution in [2.24, 2.45) is 5.92 Å². The molecule has 2 amide bonds. The van der Waals surface area contributed by atoms with E-state index < -0.39 is 30.2 Å². The molecule has 0 saturated carbocycles. The number of β-lactam (4-membered cyclic amide) rings is 1. The van der Waals surface area contributed by atoms with Gasteiger partial charge in [-0.3, -0.25) is 4.79 Å². The Bertz CT molecular complexity index is 959. The predicted molar refractivity (Wildman–Crippen MR) is 120 cm³/mol. The van der Waals surface area contributed by atoms with Crippen LogP contribution in [0.4, 0.5) is 4.79 Å². The van der Waals surface area contributed by atoms with Crippen molar-refractivity contribution in [2.45, 2.75) is 38.6 Å². The number of carbonyl (C=O) groups excluding carboxylic acids is 3. The molecule has 7 nitrogen and oxygen atoms in total. The lowest BCUT2D eigenvalue weighted by atomic mass is 9.88. The zero-order valence-electron chi connectivity index (χ0n) is 18.4. The highest BCUT2D eigenvalue weighted by atomic mass is 16.5. The van der Waals surface area contributed by atoms with Crippen LogP contribution in [0, 0.1) is 5.92 Å². The van der Waals surface area contributed by atoms with Crippen molar-refractivity contribution in [3.63, 3.8) is 0 Å². The number of nitrogens with one attached hydrogen (secondary N) is 1. The summed E-state index contributed by atoms with van der Waals surface area (Å²) in [6, 6.07) is 16.8. The van der Waals surface area contributed by atoms with E-state index in [1.807, 2.05) is 86.7 Å². The van der Waals surface area contributed by atoms with E-state index >= 15 is 0 Å². The normalized spacial score (nSPS) is 18.9. The number of benzene rings is 2. The number of ether oxygens (including phenoxy) is 2. The molecule has 7 heteroatoms. The van der Waals surface area contributed by atoms with Crippen molar-refractivity contribution in [1.82, 2.24) is 10.2 Å². The zero-order chi connectivity index (χ0) is 23.1. The number of esters is 1. The quantitative estimate of drug-likeness (QED) is 0.506. The van der Waals surface area contributed by atoms with Crippen molar-refractivity contribution in [2.75, 3.05) is 7.11 Å². The van der Waals surface area contributed by atoms with Gasteiger partial charge in [-0.25, -0.2) is 9.59 Å². The minimum Gasteiger partial charge on any atom is -0.467 e. The van der Waals surface area contributed by atoms with Crippen LogP contribution in [0.3, 0.4) is 0 Å². The standard InChI is InChI=1S/C25H28N2O5/c1-17(2)22(24(29)31-3)27-20(15-14-18-10-6-4-7-11-18)21(23(27)28)26-25(30)32-16-19-12-8-5-9-13-19/h4-15,17,20-22H,16H2,1-3H3,(H,26,30)/t20-,21+,22-/m1/s1. The average Bonchev–Trinajstić information content (AvgIpc) is 2.81. The summed E-state index contributed by atoms with van der Waals surface area (Å²) in [5.41, 5.74) is 1.78. The van der Waals surface area contributed by atoms with E-state index in [4.69, 9.17) is 9.47 Å². The minimum atomic E-state index is -0.829. The van der Waals surface area contributed by atoms with Crippen LogP contribution in [0.2, 0.25) is 0 Å². The van der Waals surface area contributed by atoms with Crippen LogP contribution < -0.4 is 5.32 Å². The van der Waals surface area contributed by atoms with E-state index in [0.717, 1.165) is 11.1 Å². The highest BCUT2D eigenvalue weighted by molar-refractivity contribution is 5.96. The molecule has 0 aromatic heterocycles. The van der Waals surface area contributed by atoms with Gasteiger partial charge in [0.15, 0.2) is 0 Å². The Kier molecular flexibility index (Phi) is 7.65. The summed E-state index contributed by atoms with van der Waals surface area (Å²) in [5.74, 6) is -1.00. The molecule has 32 heavy (non-hydrogen) atoms. The van der Waals surface area contributed by atoms with Crippen LogP contribution in [0.25, 0.3) is 6.08 Å². The van der Waals surface area contributed by atoms with Gasteiger partial charge in [-0.1, -0.05) is 86.7 Å². The van der Waals surface area contributed by atoms with Crippen LogP contribution in [0.15, 0.2) is 66.7 Å². The summed E-state index contributed by atoms with van der Waals surface area (Å²) in [7, 11) is 1.30. The molecule has 0 aliphatic carbocycles. The summed E-state index contributed by atoms with van der Waals surface area (Å²) in [6.45, 7) is 3.79. The molecule has 168 valence electrons. The third-order valence-electron chi connectivity index (χ3n) is 5.33. The Hall–Kier alpha value is -3.61. The molecular weight excluding hydrogens is 408 g/mol. The fraction of sp³-hybridized carbons (Fsp3) is 0.320. The second-order valence-electron chi connectivity index (χ2n) is 7.90. The minimum absolute atomic E-state index is 0.0958. The first kappa shape index (κ1) is 23.1. The number of amides is 2. The molecule has 0 bridgehead atoms. The fourth-order valence-corrected chi connectivity index (χ4v) is 3.70. The van der Waals surface area contributed by atoms with E-state index in [0.29, 0.717) is 0 Å². The monoisotopic (exact) mass is 436 g/mol. The summed E-state index contributed by atoms with van der Waals surface area (Å²) < 4.78 is 10.2. The first-order valence-electron chi connectivity index (χ1n) is 10.5. The first-order chi connectivity index (χ1) is 15.4. The van der Waals surface area contributed by atoms with Crippen molar-refractivity contribution in [1.29, 1.82) is 0 Å². The lowest BCUT2D eigenvalue weighted by Gasteiger charge is -2.49. The molecule has 1 N–H and O–H groups in total. The lowest BCUT2D eigenvalue weighted by Crippen LogP contribution is -2.74. The van der Waals surface area contributed by atoms with Gasteiger partial charge in [0, 0.05) is 0 Å². The SMILES string of the molecule is COC(=O)[C@@H](C(C)C)N1C(=O)[C@@H](NC(=O)OCc2ccccc2)[C@H]1C=Cc1ccccc1. The van der Waals surface area contributed by atoms with E-state index in [1.54, 1.807) is 0 Å². The molecule has 0 radical (unpaired) electrons. The number of hydrogen-bond donors (Lipinski definition) is 1. The first-order valence-corrected chi connectivity index (χ1v) is 10.5. The molecule has 1 fully saturated rings. The maximum absolute atomic E-state index is 13.0. The Morgan fingerprint density at radius 2 is 1.69 bits per heavy atom. The number of carbonyl (C=O) groups is 3. The Balaban J connectivity index is 1.75. The molecule has 2 aromatic carbocycles. The molecule has 1 aliphatic rings. The number of likely N-dealkylation sites (tertiary alicyclic amines) is 1. The number of methoxy groups -OCH3 is 1. The van der Waals surface area contributed by atoms with Crippen molar-refractivity contribution < 1.29 is 23.9 Å². The molecule has 0 spiro atoms. The fourth-order valence-electron chi connectivity index (χ4n) is 3.70. The highest BCUT2D eigenvalue weighted by Gasteiger charge is 2.52. The Morgan fingerprint density at radius 3 is 2.28 bits per heavy atom. The van der Waals surface area contributed by atoms with Gasteiger partial charge in [-0.05, 0) is 17.0 Å². The number of alkyl carbamates (subject to hydrolysis) is 1. The second-order valence-corrected chi connectivity index (χ2v) is 7.90. The van der Waals surface area contributed by atoms with Gasteiger partial charge in [0.2, 0.25) is 5.91 Å². The molecule has 1 aliphatic heterocycles. The van der Waals surface area contributed by atoms with Gasteiger partial charge in [-0.2, -0.15) is 0 Å². The topological polar surface area (TPSA) is 84.9 Å². The Labute approximate surface area is 188 Å². The van der Waals surface area contributed by atoms with Crippen LogP contribution in [-0.2, 0) is 25.7 Å². The Morgan fingerprint density at radius 1 is 1.06 bits per heavy atom. The van der Waals surface area contributed by atoms with Crippen LogP contribution in [0.5, 0.6) is 0 Å². The van der Waals surface area contributed by atoms with Gasteiger partial charge < -0.3 is 19.7 Å². The van der Waals surface area contributed by atoms with Gasteiger partial charge in [0.25, 0.3) is 0 Å². The van der Waals surface area contributed by atoms with Gasteiger partial charge in [0.1, 0.15) is 18.7 Å². The molecule has 2 aromatic rings. The smallest absolute Gasteiger partial charge is 0.408 e. The molecule has 1 saturated heterocycles. The van der Waals surface area contributed by atoms with E-state index in [1.165, 1.54) is 12.0 Å². The van der Waals surface area contributed by atoms with Crippen molar-refractivity contribution >= 4 is 24.0 Å². The van der Waals surface area contributed by atoms with Crippen LogP contribution in [0.1, 0.15) is 25.0 Å². The number of rotatable bonds is 8. The van der Waals surface area contributed by atoms with Crippen molar-refractivity contribution in [3.05, 3.63) is 77.9 Å². The third-order valence-corrected chi connectivity index (χ3v) is 5.33. The number of nitrogens with zero attached hydrogens (tertiary/aromatic N) is 1. The maximum atomic E-state index is 13.0. The predicted octanol–water partition coefficient (Wildman–Crippen LogP) is 3.40. The van der Waals surface area contributed by atoms with Crippen molar-refractivity contribution in [3.8, 4) is 0 Å². The molecule has 0 unspecified atom stereocenters. The average molecular weight is 437 g/mol. The largest absolute Gasteiger partial charge is 0.467 e. The zero-order valence-corrected chi connectivity index (χ0v) is 18.4. The summed E-state index contributed by atoms with van der Waals surface area (Å²) in [6.07, 6.45) is 2.99. The summed E-state index contributed by atoms with van der Waals surface area (Å²) in [5, 5.41) is 2.65. The third kappa shape index (κ3) is 5.35. The van der Waals surface area contributed by atoms with Crippen LogP contribution >= 0.6 is 0 Å². The lowest BCUT2D eigenvalue weighted by molar-refractivity contribution is -0.167. The number of hydrogen-bond acceptors (Lipinski definition) is 5. The van der Waals surface area contributed by atoms with Gasteiger partial charge in [-0.15, -0.1) is 0 Å². The van der Waals surface area contributed by atoms with Gasteiger partial charge >= 0.3 is 12.1 Å². The van der Waals surface area contributed by atoms with E-state index in [-0.39, 0.29) is 18.4 Å².